The fraction of sp³-hybridized carbons (Fsp3) is 0.227. The Kier molecular flexibility index (Phi) is 5.24. The molecule has 6 nitrogen and oxygen atoms in total. The minimum absolute atomic E-state index is 0.0125. The summed E-state index contributed by atoms with van der Waals surface area (Å²) < 4.78 is 2.76. The van der Waals surface area contributed by atoms with Crippen LogP contribution in [-0.4, -0.2) is 39.3 Å². The number of carbonyl (C=O) groups is 3. The lowest BCUT2D eigenvalue weighted by Gasteiger charge is -2.29. The number of carboxylic acids is 1. The van der Waals surface area contributed by atoms with Crippen molar-refractivity contribution in [1.29, 1.82) is 0 Å². The predicted octanol–water partition coefficient (Wildman–Crippen LogP) is 3.43. The van der Waals surface area contributed by atoms with Crippen LogP contribution in [0.4, 0.5) is 0 Å². The summed E-state index contributed by atoms with van der Waals surface area (Å²) in [6.07, 6.45) is 3.64. The van der Waals surface area contributed by atoms with E-state index in [4.69, 9.17) is 0 Å². The van der Waals surface area contributed by atoms with Crippen LogP contribution in [0.2, 0.25) is 0 Å². The van der Waals surface area contributed by atoms with Crippen LogP contribution < -0.4 is 0 Å². The van der Waals surface area contributed by atoms with Gasteiger partial charge in [-0.2, -0.15) is 0 Å². The summed E-state index contributed by atoms with van der Waals surface area (Å²) in [6.45, 7) is 1.25. The Hall–Kier alpha value is -2.93. The Morgan fingerprint density at radius 1 is 1.14 bits per heavy atom. The van der Waals surface area contributed by atoms with Crippen LogP contribution in [-0.2, 0) is 35.5 Å². The molecule has 0 saturated heterocycles. The van der Waals surface area contributed by atoms with Gasteiger partial charge in [-0.1, -0.05) is 22.0 Å². The average Bonchev–Trinajstić information content (AvgIpc) is 3.03. The minimum Gasteiger partial charge on any atom is -0.478 e. The number of fused-ring (bicyclic) bond motifs is 2. The summed E-state index contributed by atoms with van der Waals surface area (Å²) in [5.41, 5.74) is 4.00. The molecule has 1 aliphatic rings. The molecule has 0 atom stereocenters. The van der Waals surface area contributed by atoms with E-state index in [0.717, 1.165) is 38.4 Å². The Balaban J connectivity index is 1.59. The quantitative estimate of drug-likeness (QED) is 0.598. The van der Waals surface area contributed by atoms with E-state index in [0.29, 0.717) is 19.5 Å². The lowest BCUT2D eigenvalue weighted by atomic mass is 9.97. The molecule has 1 aromatic heterocycles. The van der Waals surface area contributed by atoms with Crippen molar-refractivity contribution < 1.29 is 19.5 Å². The van der Waals surface area contributed by atoms with Gasteiger partial charge in [0.05, 0.1) is 18.5 Å². The molecule has 29 heavy (non-hydrogen) atoms. The second-order valence-corrected chi connectivity index (χ2v) is 8.08. The van der Waals surface area contributed by atoms with Crippen molar-refractivity contribution in [2.75, 3.05) is 6.54 Å². The number of halogens is 1. The summed E-state index contributed by atoms with van der Waals surface area (Å²) >= 11 is 3.47. The number of amides is 1. The number of carbonyl (C=O) groups excluding carboxylic acids is 2. The normalized spacial score (nSPS) is 13.3. The lowest BCUT2D eigenvalue weighted by Crippen LogP contribution is -2.37. The van der Waals surface area contributed by atoms with Gasteiger partial charge in [0.15, 0.2) is 0 Å². The smallest absolute Gasteiger partial charge is 0.335 e. The van der Waals surface area contributed by atoms with Gasteiger partial charge in [-0.3, -0.25) is 4.79 Å². The third kappa shape index (κ3) is 3.82. The molecule has 3 aromatic rings. The minimum atomic E-state index is -0.968. The van der Waals surface area contributed by atoms with Crippen LogP contribution in [0, 0.1) is 0 Å². The van der Waals surface area contributed by atoms with E-state index in [9.17, 15) is 19.5 Å². The molecule has 0 saturated carbocycles. The van der Waals surface area contributed by atoms with Crippen LogP contribution in [0.1, 0.15) is 27.0 Å². The van der Waals surface area contributed by atoms with Gasteiger partial charge in [0.1, 0.15) is 6.29 Å². The molecule has 2 aromatic carbocycles. The third-order valence-corrected chi connectivity index (χ3v) is 5.85. The molecular formula is C22H19BrN2O4. The van der Waals surface area contributed by atoms with Gasteiger partial charge in [0.2, 0.25) is 5.91 Å². The molecule has 0 unspecified atom stereocenters. The van der Waals surface area contributed by atoms with E-state index in [1.54, 1.807) is 17.0 Å². The van der Waals surface area contributed by atoms with Crippen molar-refractivity contribution in [2.24, 2.45) is 0 Å². The highest BCUT2D eigenvalue weighted by Gasteiger charge is 2.23. The SMILES string of the molecule is O=CCn1cc(CC(=O)N2CCc3ccc(C(=O)O)cc3C2)c2cc(Br)ccc21. The summed E-state index contributed by atoms with van der Waals surface area (Å²) in [6, 6.07) is 10.9. The Bertz CT molecular complexity index is 1140. The Morgan fingerprint density at radius 3 is 2.72 bits per heavy atom. The van der Waals surface area contributed by atoms with Crippen molar-refractivity contribution in [2.45, 2.75) is 25.9 Å². The Labute approximate surface area is 175 Å². The van der Waals surface area contributed by atoms with E-state index < -0.39 is 5.97 Å². The molecule has 2 heterocycles. The van der Waals surface area contributed by atoms with Gasteiger partial charge < -0.3 is 19.4 Å². The molecule has 0 fully saturated rings. The topological polar surface area (TPSA) is 79.6 Å². The van der Waals surface area contributed by atoms with Crippen molar-refractivity contribution in [3.8, 4) is 0 Å². The van der Waals surface area contributed by atoms with E-state index >= 15 is 0 Å². The van der Waals surface area contributed by atoms with Gasteiger partial charge in [-0.05, 0) is 53.4 Å². The van der Waals surface area contributed by atoms with E-state index in [2.05, 4.69) is 15.9 Å². The number of aldehydes is 1. The fourth-order valence-electron chi connectivity index (χ4n) is 3.89. The first-order valence-corrected chi connectivity index (χ1v) is 10.1. The highest BCUT2D eigenvalue weighted by Crippen LogP contribution is 2.27. The van der Waals surface area contributed by atoms with E-state index in [-0.39, 0.29) is 24.4 Å². The zero-order valence-corrected chi connectivity index (χ0v) is 17.2. The maximum Gasteiger partial charge on any atom is 0.335 e. The summed E-state index contributed by atoms with van der Waals surface area (Å²) in [5.74, 6) is -0.980. The first-order chi connectivity index (χ1) is 14.0. The number of aromatic carboxylic acids is 1. The number of hydrogen-bond acceptors (Lipinski definition) is 3. The van der Waals surface area contributed by atoms with Crippen molar-refractivity contribution in [3.63, 3.8) is 0 Å². The van der Waals surface area contributed by atoms with Gasteiger partial charge in [0.25, 0.3) is 0 Å². The summed E-state index contributed by atoms with van der Waals surface area (Å²) in [4.78, 5) is 37.0. The highest BCUT2D eigenvalue weighted by molar-refractivity contribution is 9.10. The Morgan fingerprint density at radius 2 is 1.97 bits per heavy atom. The highest BCUT2D eigenvalue weighted by atomic mass is 79.9. The molecular weight excluding hydrogens is 436 g/mol. The molecule has 1 amide bonds. The first-order valence-electron chi connectivity index (χ1n) is 9.30. The number of carboxylic acid groups (broad SMARTS) is 1. The number of nitrogens with zero attached hydrogens (tertiary/aromatic N) is 2. The van der Waals surface area contributed by atoms with Gasteiger partial charge in [-0.15, -0.1) is 0 Å². The summed E-state index contributed by atoms with van der Waals surface area (Å²) in [7, 11) is 0. The lowest BCUT2D eigenvalue weighted by molar-refractivity contribution is -0.131. The van der Waals surface area contributed by atoms with Crippen LogP contribution in [0.25, 0.3) is 10.9 Å². The van der Waals surface area contributed by atoms with Crippen LogP contribution in [0.5, 0.6) is 0 Å². The molecule has 0 spiro atoms. The average molecular weight is 455 g/mol. The molecule has 1 aliphatic heterocycles. The van der Waals surface area contributed by atoms with Crippen molar-refractivity contribution >= 4 is 45.0 Å². The van der Waals surface area contributed by atoms with Crippen molar-refractivity contribution in [3.05, 3.63) is 69.3 Å². The van der Waals surface area contributed by atoms with Gasteiger partial charge in [0, 0.05) is 34.7 Å². The third-order valence-electron chi connectivity index (χ3n) is 5.36. The molecule has 4 rings (SSSR count). The molecule has 0 radical (unpaired) electrons. The van der Waals surface area contributed by atoms with Crippen LogP contribution >= 0.6 is 15.9 Å². The predicted molar refractivity (Wildman–Crippen MR) is 112 cm³/mol. The molecule has 1 N–H and O–H groups in total. The zero-order chi connectivity index (χ0) is 20.5. The number of rotatable bonds is 5. The van der Waals surface area contributed by atoms with Crippen LogP contribution in [0.3, 0.4) is 0 Å². The number of hydrogen-bond donors (Lipinski definition) is 1. The van der Waals surface area contributed by atoms with Gasteiger partial charge >= 0.3 is 5.97 Å². The van der Waals surface area contributed by atoms with Crippen LogP contribution in [0.15, 0.2) is 47.1 Å². The fourth-order valence-corrected chi connectivity index (χ4v) is 4.25. The monoisotopic (exact) mass is 454 g/mol. The molecule has 148 valence electrons. The molecule has 7 heteroatoms. The largest absolute Gasteiger partial charge is 0.478 e. The second-order valence-electron chi connectivity index (χ2n) is 7.17. The maximum absolute atomic E-state index is 13.0. The number of benzene rings is 2. The molecule has 0 aliphatic carbocycles. The van der Waals surface area contributed by atoms with Crippen molar-refractivity contribution in [1.82, 2.24) is 9.47 Å². The maximum atomic E-state index is 13.0. The zero-order valence-electron chi connectivity index (χ0n) is 15.6. The van der Waals surface area contributed by atoms with E-state index in [1.165, 1.54) is 0 Å². The second kappa shape index (κ2) is 7.83. The standard InChI is InChI=1S/C22H19BrN2O4/c23-18-3-4-20-19(11-18)17(13-24(20)7-8-26)10-21(27)25-6-5-14-1-2-15(22(28)29)9-16(14)12-25/h1-4,8-9,11,13H,5-7,10,12H2,(H,28,29). The van der Waals surface area contributed by atoms with Gasteiger partial charge in [-0.25, -0.2) is 4.79 Å². The van der Waals surface area contributed by atoms with E-state index in [1.807, 2.05) is 35.0 Å². The first kappa shape index (κ1) is 19.4. The molecule has 0 bridgehead atoms. The number of aromatic nitrogens is 1. The summed E-state index contributed by atoms with van der Waals surface area (Å²) in [5, 5.41) is 10.2.